The van der Waals surface area contributed by atoms with Crippen LogP contribution in [0.3, 0.4) is 0 Å². The zero-order valence-corrected chi connectivity index (χ0v) is 25.6. The number of carbonyl (C=O) groups is 1. The lowest BCUT2D eigenvalue weighted by molar-refractivity contribution is -0.882. The number of hydrogen-bond acceptors (Lipinski definition) is 2. The molecule has 0 atom stereocenters. The van der Waals surface area contributed by atoms with E-state index in [2.05, 4.69) is 110 Å². The van der Waals surface area contributed by atoms with Crippen molar-refractivity contribution in [2.24, 2.45) is 0 Å². The molecule has 1 amide bonds. The molecule has 5 aromatic rings. The van der Waals surface area contributed by atoms with Crippen LogP contribution in [-0.2, 0) is 11.3 Å². The Bertz CT molecular complexity index is 1580. The number of likely N-dealkylation sites (N-methyl/N-ethyl adjacent to an activating group) is 1. The van der Waals surface area contributed by atoms with E-state index in [-0.39, 0.29) is 22.9 Å². The first-order valence-corrected chi connectivity index (χ1v) is 14.4. The Hall–Kier alpha value is -3.22. The molecule has 210 valence electrons. The lowest BCUT2D eigenvalue weighted by Gasteiger charge is -2.29. The summed E-state index contributed by atoms with van der Waals surface area (Å²) < 4.78 is 3.13. The highest BCUT2D eigenvalue weighted by atomic mass is 79.9. The molecule has 0 saturated carbocycles. The minimum atomic E-state index is 0. The van der Waals surface area contributed by atoms with Gasteiger partial charge in [0.05, 0.1) is 31.7 Å². The van der Waals surface area contributed by atoms with E-state index in [1.165, 1.54) is 33.5 Å². The molecule has 0 bridgehead atoms. The third-order valence-corrected chi connectivity index (χ3v) is 7.72. The van der Waals surface area contributed by atoms with Crippen molar-refractivity contribution in [2.75, 3.05) is 33.7 Å². The third-order valence-electron chi connectivity index (χ3n) is 7.72. The van der Waals surface area contributed by atoms with Crippen LogP contribution in [0.1, 0.15) is 39.0 Å². The zero-order valence-electron chi connectivity index (χ0n) is 24.0. The summed E-state index contributed by atoms with van der Waals surface area (Å²) in [7, 11) is 4.32. The highest BCUT2D eigenvalue weighted by molar-refractivity contribution is 6.23. The van der Waals surface area contributed by atoms with Gasteiger partial charge in [-0.3, -0.25) is 4.79 Å². The third kappa shape index (κ3) is 6.56. The number of aromatic nitrogens is 2. The highest BCUT2D eigenvalue weighted by Crippen LogP contribution is 2.37. The van der Waals surface area contributed by atoms with Crippen LogP contribution in [0.25, 0.3) is 44.0 Å². The minimum absolute atomic E-state index is 0. The Morgan fingerprint density at radius 3 is 2.12 bits per heavy atom. The van der Waals surface area contributed by atoms with Gasteiger partial charge in [0.2, 0.25) is 0 Å². The number of benzene rings is 4. The maximum Gasteiger partial charge on any atom is 0.275 e. The van der Waals surface area contributed by atoms with Crippen molar-refractivity contribution in [1.29, 1.82) is 0 Å². The van der Waals surface area contributed by atoms with Crippen LogP contribution in [0.15, 0.2) is 78.9 Å². The van der Waals surface area contributed by atoms with Gasteiger partial charge in [-0.1, -0.05) is 98.6 Å². The van der Waals surface area contributed by atoms with E-state index < -0.39 is 0 Å². The summed E-state index contributed by atoms with van der Waals surface area (Å²) in [5.74, 6) is 1.17. The van der Waals surface area contributed by atoms with Crippen molar-refractivity contribution in [3.8, 4) is 11.4 Å². The number of halogens is 1. The second-order valence-electron chi connectivity index (χ2n) is 11.3. The Balaban J connectivity index is 0.00000370. The van der Waals surface area contributed by atoms with Crippen molar-refractivity contribution >= 4 is 38.5 Å². The number of amides is 1. The topological polar surface area (TPSA) is 46.9 Å². The number of unbranched alkanes of at least 4 members (excludes halogenated alkanes) is 3. The molecule has 0 saturated heterocycles. The van der Waals surface area contributed by atoms with Crippen LogP contribution in [0.5, 0.6) is 0 Å². The van der Waals surface area contributed by atoms with Crippen LogP contribution in [0.4, 0.5) is 0 Å². The van der Waals surface area contributed by atoms with Gasteiger partial charge in [0.25, 0.3) is 5.91 Å². The fraction of sp³-hybridized carbons (Fsp3) is 0.353. The first-order chi connectivity index (χ1) is 19.0. The largest absolute Gasteiger partial charge is 1.00 e. The fourth-order valence-electron chi connectivity index (χ4n) is 5.72. The Morgan fingerprint density at radius 2 is 1.43 bits per heavy atom. The number of fused-ring (bicyclic) bond motifs is 6. The molecular formula is C34H41BrN4O. The molecule has 1 heterocycles. The molecule has 1 N–H and O–H groups in total. The molecular weight excluding hydrogens is 560 g/mol. The van der Waals surface area contributed by atoms with E-state index in [4.69, 9.17) is 4.98 Å². The lowest BCUT2D eigenvalue weighted by atomic mass is 10.00. The maximum atomic E-state index is 12.5. The fourth-order valence-corrected chi connectivity index (χ4v) is 5.72. The zero-order chi connectivity index (χ0) is 27.2. The summed E-state index contributed by atoms with van der Waals surface area (Å²) in [6, 6.07) is 27.9. The number of aryl methyl sites for hydroxylation is 1. The molecule has 0 aliphatic heterocycles. The smallest absolute Gasteiger partial charge is 0.275 e. The number of quaternary nitrogens is 1. The standard InChI is InChI=1S/C34H40N4O.BrH/c1-4-5-13-22-35-31(39)25-38(2,3)24-15-14-23-37-33-30-21-12-10-19-28(30)27-18-9-11-20-29(27)32(33)36-34(37)26-16-7-6-8-17-26;/h6-12,16-21H,4-5,13-15,22-25H2,1-3H3;1H. The summed E-state index contributed by atoms with van der Waals surface area (Å²) >= 11 is 0. The van der Waals surface area contributed by atoms with Gasteiger partial charge in [0.1, 0.15) is 5.82 Å². The monoisotopic (exact) mass is 600 g/mol. The molecule has 5 nitrogen and oxygen atoms in total. The number of nitrogens with one attached hydrogen (secondary N) is 1. The highest BCUT2D eigenvalue weighted by Gasteiger charge is 2.21. The van der Waals surface area contributed by atoms with E-state index >= 15 is 0 Å². The summed E-state index contributed by atoms with van der Waals surface area (Å²) in [6.45, 7) is 5.32. The van der Waals surface area contributed by atoms with E-state index in [0.717, 1.165) is 62.2 Å². The number of imidazole rings is 1. The van der Waals surface area contributed by atoms with Crippen LogP contribution in [0, 0.1) is 0 Å². The van der Waals surface area contributed by atoms with Gasteiger partial charge in [0, 0.05) is 29.4 Å². The lowest BCUT2D eigenvalue weighted by Crippen LogP contribution is -3.00. The quantitative estimate of drug-likeness (QED) is 0.133. The van der Waals surface area contributed by atoms with Gasteiger partial charge in [0.15, 0.2) is 6.54 Å². The van der Waals surface area contributed by atoms with Crippen LogP contribution >= 0.6 is 0 Å². The summed E-state index contributed by atoms with van der Waals surface area (Å²) in [5, 5.41) is 8.06. The Kier molecular flexibility index (Phi) is 9.99. The van der Waals surface area contributed by atoms with Crippen LogP contribution in [0.2, 0.25) is 0 Å². The van der Waals surface area contributed by atoms with Gasteiger partial charge in [-0.25, -0.2) is 4.98 Å². The number of carbonyl (C=O) groups excluding carboxylic acids is 1. The van der Waals surface area contributed by atoms with Crippen LogP contribution in [-0.4, -0.2) is 53.7 Å². The van der Waals surface area contributed by atoms with Gasteiger partial charge in [-0.05, 0) is 30.0 Å². The van der Waals surface area contributed by atoms with E-state index in [0.29, 0.717) is 11.0 Å². The van der Waals surface area contributed by atoms with Crippen molar-refractivity contribution in [3.63, 3.8) is 0 Å². The molecule has 40 heavy (non-hydrogen) atoms. The predicted molar refractivity (Wildman–Crippen MR) is 164 cm³/mol. The number of hydrogen-bond donors (Lipinski definition) is 1. The molecule has 0 radical (unpaired) electrons. The second-order valence-corrected chi connectivity index (χ2v) is 11.3. The van der Waals surface area contributed by atoms with Crippen LogP contribution < -0.4 is 22.3 Å². The molecule has 0 spiro atoms. The van der Waals surface area contributed by atoms with Crippen molar-refractivity contribution in [1.82, 2.24) is 14.9 Å². The van der Waals surface area contributed by atoms with Crippen molar-refractivity contribution in [3.05, 3.63) is 78.9 Å². The average molecular weight is 602 g/mol. The SMILES string of the molecule is CCCCCNC(=O)C[N+](C)(C)CCCCn1c(-c2ccccc2)nc2c3ccccc3c3ccccc3c21.[Br-]. The van der Waals surface area contributed by atoms with E-state index in [1.54, 1.807) is 0 Å². The molecule has 0 fully saturated rings. The normalized spacial score (nSPS) is 11.7. The Labute approximate surface area is 248 Å². The first kappa shape index (κ1) is 29.8. The van der Waals surface area contributed by atoms with E-state index in [9.17, 15) is 4.79 Å². The predicted octanol–water partition coefficient (Wildman–Crippen LogP) is 4.18. The summed E-state index contributed by atoms with van der Waals surface area (Å²) in [6.07, 6.45) is 5.45. The summed E-state index contributed by atoms with van der Waals surface area (Å²) in [4.78, 5) is 17.8. The van der Waals surface area contributed by atoms with Crippen molar-refractivity contribution in [2.45, 2.75) is 45.6 Å². The molecule has 0 unspecified atom stereocenters. The molecule has 0 aliphatic carbocycles. The second kappa shape index (κ2) is 13.4. The Morgan fingerprint density at radius 1 is 0.800 bits per heavy atom. The first-order valence-electron chi connectivity index (χ1n) is 14.4. The molecule has 4 aromatic carbocycles. The molecule has 1 aromatic heterocycles. The average Bonchev–Trinajstić information content (AvgIpc) is 3.34. The van der Waals surface area contributed by atoms with Gasteiger partial charge in [-0.2, -0.15) is 0 Å². The molecule has 6 heteroatoms. The number of rotatable bonds is 12. The van der Waals surface area contributed by atoms with Gasteiger partial charge < -0.3 is 31.3 Å². The maximum absolute atomic E-state index is 12.5. The minimum Gasteiger partial charge on any atom is -1.00 e. The molecule has 0 aliphatic rings. The van der Waals surface area contributed by atoms with Crippen molar-refractivity contribution < 1.29 is 26.3 Å². The number of nitrogens with zero attached hydrogens (tertiary/aromatic N) is 3. The summed E-state index contributed by atoms with van der Waals surface area (Å²) in [5.41, 5.74) is 3.42. The van der Waals surface area contributed by atoms with E-state index in [1.807, 2.05) is 0 Å². The molecule has 5 rings (SSSR count). The van der Waals surface area contributed by atoms with Gasteiger partial charge in [-0.15, -0.1) is 0 Å². The van der Waals surface area contributed by atoms with Gasteiger partial charge >= 0.3 is 0 Å².